The van der Waals surface area contributed by atoms with Gasteiger partial charge >= 0.3 is 0 Å². The van der Waals surface area contributed by atoms with Crippen molar-refractivity contribution in [1.29, 1.82) is 0 Å². The van der Waals surface area contributed by atoms with Crippen molar-refractivity contribution in [2.75, 3.05) is 5.75 Å². The van der Waals surface area contributed by atoms with Crippen LogP contribution in [0.4, 0.5) is 0 Å². The Balaban J connectivity index is 1.02. The van der Waals surface area contributed by atoms with Gasteiger partial charge in [0.2, 0.25) is 5.91 Å². The topological polar surface area (TPSA) is 124 Å². The second kappa shape index (κ2) is 15.9. The number of rotatable bonds is 14. The predicted octanol–water partition coefficient (Wildman–Crippen LogP) is 6.82. The van der Waals surface area contributed by atoms with Crippen LogP contribution in [0.15, 0.2) is 11.3 Å². The molecule has 1 saturated heterocycles. The molecule has 5 fully saturated rings. The Hall–Kier alpha value is -2.15. The molecule has 6 aliphatic rings. The Labute approximate surface area is 316 Å². The van der Waals surface area contributed by atoms with Crippen molar-refractivity contribution in [2.24, 2.45) is 52.3 Å². The summed E-state index contributed by atoms with van der Waals surface area (Å²) in [6.07, 6.45) is 17.4. The molecule has 2 heterocycles. The van der Waals surface area contributed by atoms with Crippen molar-refractivity contribution >= 4 is 35.1 Å². The monoisotopic (exact) mass is 736 g/mol. The number of hydrogen-bond donors (Lipinski definition) is 3. The normalized spacial score (nSPS) is 39.2. The second-order valence-electron chi connectivity index (χ2n) is 18.3. The summed E-state index contributed by atoms with van der Waals surface area (Å²) in [5, 5.41) is 24.7. The summed E-state index contributed by atoms with van der Waals surface area (Å²) in [6, 6.07) is -0.650. The number of thioether (sulfide) groups is 1. The summed E-state index contributed by atoms with van der Waals surface area (Å²) in [5.74, 6) is 5.18. The number of Topliss-reactive ketones (excluding diaryl/α,β-unsaturated/α-hetero) is 2. The molecule has 288 valence electrons. The van der Waals surface area contributed by atoms with Crippen LogP contribution < -0.4 is 5.32 Å². The number of terminal acetylenes is 1. The molecule has 0 aromatic heterocycles. The number of unbranched alkanes of at least 4 members (excludes halogenated alkanes) is 1. The van der Waals surface area contributed by atoms with Gasteiger partial charge in [0, 0.05) is 37.9 Å². The second-order valence-corrected chi connectivity index (χ2v) is 19.4. The van der Waals surface area contributed by atoms with E-state index in [4.69, 9.17) is 6.42 Å². The molecule has 0 radical (unpaired) electrons. The fraction of sp³-hybridized carbons (Fsp3) is 0.814. The Morgan fingerprint density at radius 3 is 2.50 bits per heavy atom. The first-order valence-electron chi connectivity index (χ1n) is 20.5. The maximum Gasteiger partial charge on any atom is 0.253 e. The van der Waals surface area contributed by atoms with Gasteiger partial charge in [-0.15, -0.1) is 24.1 Å². The van der Waals surface area contributed by atoms with Crippen LogP contribution in [0, 0.1) is 64.6 Å². The lowest BCUT2D eigenvalue weighted by Crippen LogP contribution is -2.70. The van der Waals surface area contributed by atoms with E-state index in [-0.39, 0.29) is 70.6 Å². The van der Waals surface area contributed by atoms with Gasteiger partial charge in [0.15, 0.2) is 5.78 Å². The van der Waals surface area contributed by atoms with Gasteiger partial charge in [-0.05, 0) is 129 Å². The minimum atomic E-state index is -0.650. The molecule has 0 aromatic rings. The van der Waals surface area contributed by atoms with Crippen LogP contribution in [0.2, 0.25) is 0 Å². The fourth-order valence-corrected chi connectivity index (χ4v) is 13.7. The van der Waals surface area contributed by atoms with E-state index in [0.717, 1.165) is 76.2 Å². The Kier molecular flexibility index (Phi) is 12.1. The van der Waals surface area contributed by atoms with Gasteiger partial charge in [-0.2, -0.15) is 0 Å². The number of carbonyl (C=O) groups excluding carboxylic acids is 4. The van der Waals surface area contributed by atoms with E-state index in [2.05, 4.69) is 32.0 Å². The van der Waals surface area contributed by atoms with Crippen molar-refractivity contribution in [1.82, 2.24) is 10.2 Å². The molecule has 0 spiro atoms. The van der Waals surface area contributed by atoms with Crippen LogP contribution in [0.5, 0.6) is 0 Å². The third kappa shape index (κ3) is 7.31. The van der Waals surface area contributed by atoms with Gasteiger partial charge in [-0.25, -0.2) is 0 Å². The summed E-state index contributed by atoms with van der Waals surface area (Å²) in [6.45, 7) is 11.1. The van der Waals surface area contributed by atoms with Gasteiger partial charge in [0.05, 0.1) is 17.9 Å². The fourth-order valence-electron chi connectivity index (χ4n) is 12.4. The van der Waals surface area contributed by atoms with Crippen LogP contribution in [0.1, 0.15) is 137 Å². The van der Waals surface area contributed by atoms with Crippen LogP contribution >= 0.6 is 11.8 Å². The Bertz CT molecular complexity index is 1470. The lowest BCUT2D eigenvalue weighted by Gasteiger charge is -2.62. The number of hydrogen-bond acceptors (Lipinski definition) is 7. The molecule has 2 amide bonds. The molecule has 8 nitrogen and oxygen atoms in total. The van der Waals surface area contributed by atoms with Crippen LogP contribution in [-0.2, 0) is 19.2 Å². The standard InChI is InChI=1S/C43H64N2O6S/c1-7-9-11-29(46)20-27(10-8-2)21-35(49)39-26(4)24-52-41-38(40(51)45(39)41)44-36(50)15-12-25(3)31-13-14-32-37-33(17-19-43(31,32)6)42(5)18-16-30(47)22-28(42)23-34(37)48/h2,25,27-28,30-34,37-38,41,47-48H,7,9-24H2,1,3-6H3,(H,44,50)/t25-,27?,28+,30-,31-,32+,33+,34?,37+,38?,41?,42+,43-/m1/s1. The van der Waals surface area contributed by atoms with Gasteiger partial charge in [-0.3, -0.25) is 24.1 Å². The molecule has 0 aromatic carbocycles. The highest BCUT2D eigenvalue weighted by Gasteiger charge is 2.63. The zero-order chi connectivity index (χ0) is 37.5. The summed E-state index contributed by atoms with van der Waals surface area (Å²) >= 11 is 1.58. The quantitative estimate of drug-likeness (QED) is 0.132. The van der Waals surface area contributed by atoms with E-state index in [1.807, 2.05) is 13.8 Å². The SMILES string of the molecule is C#CCC(CC(=O)CCCC)CC(=O)C1=C(C)CSC2C(NC(=O)CC[C@@H](C)[C@H]3CC[C@H]4[C@@H]5C(O)C[C@@H]6C[C@H](O)CC[C@]6(C)[C@H]5CC[C@]34C)C(=O)N12. The maximum atomic E-state index is 13.6. The van der Waals surface area contributed by atoms with Crippen molar-refractivity contribution in [3.8, 4) is 12.3 Å². The number of aliphatic hydroxyl groups excluding tert-OH is 2. The highest BCUT2D eigenvalue weighted by molar-refractivity contribution is 8.00. The molecule has 4 unspecified atom stereocenters. The lowest BCUT2D eigenvalue weighted by atomic mass is 9.43. The largest absolute Gasteiger partial charge is 0.393 e. The minimum Gasteiger partial charge on any atom is -0.393 e. The van der Waals surface area contributed by atoms with Crippen molar-refractivity contribution < 1.29 is 29.4 Å². The summed E-state index contributed by atoms with van der Waals surface area (Å²) in [4.78, 5) is 54.6. The number of aliphatic hydroxyl groups is 2. The van der Waals surface area contributed by atoms with E-state index in [1.165, 1.54) is 0 Å². The molecule has 6 rings (SSSR count). The zero-order valence-corrected chi connectivity index (χ0v) is 33.1. The third-order valence-electron chi connectivity index (χ3n) is 15.2. The number of nitrogens with zero attached hydrogens (tertiary/aromatic N) is 1. The molecule has 2 aliphatic heterocycles. The molecule has 13 atom stereocenters. The van der Waals surface area contributed by atoms with Crippen molar-refractivity contribution in [3.63, 3.8) is 0 Å². The van der Waals surface area contributed by atoms with Crippen LogP contribution in [0.25, 0.3) is 0 Å². The number of allylic oxidation sites excluding steroid dienone is 1. The summed E-state index contributed by atoms with van der Waals surface area (Å²) in [7, 11) is 0. The molecule has 3 N–H and O–H groups in total. The zero-order valence-electron chi connectivity index (χ0n) is 32.3. The van der Waals surface area contributed by atoms with Crippen LogP contribution in [-0.4, -0.2) is 67.9 Å². The number of ketones is 2. The first-order chi connectivity index (χ1) is 24.7. The summed E-state index contributed by atoms with van der Waals surface area (Å²) in [5.41, 5.74) is 1.62. The molecule has 0 bridgehead atoms. The van der Waals surface area contributed by atoms with Crippen molar-refractivity contribution in [3.05, 3.63) is 11.3 Å². The van der Waals surface area contributed by atoms with Gasteiger partial charge in [-0.1, -0.05) is 34.1 Å². The average Bonchev–Trinajstić information content (AvgIpc) is 3.46. The molecular formula is C43H64N2O6S. The minimum absolute atomic E-state index is 0.117. The number of amides is 2. The average molecular weight is 737 g/mol. The molecule has 9 heteroatoms. The number of fused-ring (bicyclic) bond motifs is 6. The van der Waals surface area contributed by atoms with Gasteiger partial charge < -0.3 is 15.5 Å². The Morgan fingerprint density at radius 1 is 1.04 bits per heavy atom. The predicted molar refractivity (Wildman–Crippen MR) is 204 cm³/mol. The van der Waals surface area contributed by atoms with Crippen LogP contribution in [0.3, 0.4) is 0 Å². The lowest BCUT2D eigenvalue weighted by molar-refractivity contribution is -0.174. The smallest absolute Gasteiger partial charge is 0.253 e. The third-order valence-corrected chi connectivity index (χ3v) is 16.6. The number of carbonyl (C=O) groups is 4. The van der Waals surface area contributed by atoms with E-state index in [0.29, 0.717) is 66.2 Å². The maximum absolute atomic E-state index is 13.6. The summed E-state index contributed by atoms with van der Waals surface area (Å²) < 4.78 is 0. The van der Waals surface area contributed by atoms with Gasteiger partial charge in [0.1, 0.15) is 17.2 Å². The highest BCUT2D eigenvalue weighted by atomic mass is 32.2. The first-order valence-corrected chi connectivity index (χ1v) is 21.6. The molecular weight excluding hydrogens is 673 g/mol. The molecule has 4 saturated carbocycles. The van der Waals surface area contributed by atoms with E-state index in [9.17, 15) is 29.4 Å². The van der Waals surface area contributed by atoms with E-state index < -0.39 is 6.04 Å². The first kappa shape index (κ1) is 39.5. The highest BCUT2D eigenvalue weighted by Crippen LogP contribution is 2.68. The molecule has 4 aliphatic carbocycles. The van der Waals surface area contributed by atoms with Gasteiger partial charge in [0.25, 0.3) is 5.91 Å². The van der Waals surface area contributed by atoms with E-state index in [1.54, 1.807) is 16.7 Å². The number of nitrogens with one attached hydrogen (secondary N) is 1. The van der Waals surface area contributed by atoms with E-state index >= 15 is 0 Å². The number of β-lactam (4-membered cyclic amide) rings is 1. The van der Waals surface area contributed by atoms with Crippen molar-refractivity contribution in [2.45, 2.75) is 161 Å². The Morgan fingerprint density at radius 2 is 1.77 bits per heavy atom. The molecule has 52 heavy (non-hydrogen) atoms.